The van der Waals surface area contributed by atoms with Gasteiger partial charge in [-0.2, -0.15) is 0 Å². The molecule has 1 amide bonds. The van der Waals surface area contributed by atoms with Gasteiger partial charge in [-0.3, -0.25) is 0 Å². The molecular weight excluding hydrogens is 435 g/mol. The summed E-state index contributed by atoms with van der Waals surface area (Å²) in [5.41, 5.74) is 13.6. The molecule has 6 rings (SSSR count). The molecule has 168 valence electrons. The number of amides is 1. The van der Waals surface area contributed by atoms with E-state index in [1.165, 1.54) is 25.6 Å². The summed E-state index contributed by atoms with van der Waals surface area (Å²) >= 11 is 6.00. The van der Waals surface area contributed by atoms with Gasteiger partial charge >= 0.3 is 6.09 Å². The molecule has 10 heteroatoms. The smallest absolute Gasteiger partial charge is 0.407 e. The molecule has 3 aliphatic carbocycles. The van der Waals surface area contributed by atoms with Crippen LogP contribution in [0.4, 0.5) is 20.7 Å². The topological polar surface area (TPSA) is 121 Å². The zero-order valence-electron chi connectivity index (χ0n) is 17.6. The van der Waals surface area contributed by atoms with E-state index in [2.05, 4.69) is 19.9 Å². The van der Waals surface area contributed by atoms with E-state index < -0.39 is 11.9 Å². The van der Waals surface area contributed by atoms with Crippen LogP contribution in [0.3, 0.4) is 0 Å². The number of carbonyl (C=O) groups is 1. The summed E-state index contributed by atoms with van der Waals surface area (Å²) < 4.78 is 21.9. The Morgan fingerprint density at radius 2 is 1.84 bits per heavy atom. The fourth-order valence-corrected chi connectivity index (χ4v) is 5.56. The number of benzene rings is 1. The average Bonchev–Trinajstić information content (AvgIpc) is 3.19. The van der Waals surface area contributed by atoms with E-state index in [-0.39, 0.29) is 27.6 Å². The molecule has 2 bridgehead atoms. The lowest BCUT2D eigenvalue weighted by molar-refractivity contribution is 0.0333. The predicted octanol–water partition coefficient (Wildman–Crippen LogP) is 4.21. The molecule has 2 aromatic heterocycles. The van der Waals surface area contributed by atoms with Crippen LogP contribution in [0.15, 0.2) is 24.7 Å². The first-order valence-corrected chi connectivity index (χ1v) is 10.9. The second-order valence-corrected chi connectivity index (χ2v) is 9.25. The van der Waals surface area contributed by atoms with Gasteiger partial charge in [0.1, 0.15) is 23.6 Å². The Morgan fingerprint density at radius 3 is 2.50 bits per heavy atom. The first-order chi connectivity index (χ1) is 15.3. The van der Waals surface area contributed by atoms with Gasteiger partial charge < -0.3 is 26.1 Å². The number of halogens is 2. The third-order valence-corrected chi connectivity index (χ3v) is 7.59. The minimum Gasteiger partial charge on any atom is -0.453 e. The minimum absolute atomic E-state index is 0.159. The molecule has 3 fully saturated rings. The molecule has 0 atom stereocenters. The molecule has 32 heavy (non-hydrogen) atoms. The normalized spacial score (nSPS) is 24.6. The van der Waals surface area contributed by atoms with Crippen molar-refractivity contribution in [2.45, 2.75) is 49.6 Å². The zero-order chi connectivity index (χ0) is 22.7. The Kier molecular flexibility index (Phi) is 4.70. The van der Waals surface area contributed by atoms with Crippen LogP contribution >= 0.6 is 11.6 Å². The summed E-state index contributed by atoms with van der Waals surface area (Å²) in [6.45, 7) is 0. The minimum atomic E-state index is -0.488. The zero-order valence-corrected chi connectivity index (χ0v) is 18.4. The van der Waals surface area contributed by atoms with Gasteiger partial charge in [-0.05, 0) is 50.7 Å². The number of nitrogens with zero attached hydrogens (tertiary/aromatic N) is 3. The van der Waals surface area contributed by atoms with Crippen molar-refractivity contribution in [2.75, 3.05) is 18.6 Å². The van der Waals surface area contributed by atoms with Crippen molar-refractivity contribution in [1.82, 2.24) is 19.9 Å². The third-order valence-electron chi connectivity index (χ3n) is 7.26. The van der Waals surface area contributed by atoms with E-state index in [1.54, 1.807) is 0 Å². The molecule has 0 aliphatic heterocycles. The van der Waals surface area contributed by atoms with E-state index in [1.807, 2.05) is 6.20 Å². The SMILES string of the molecule is COC(=O)NC12CCC(n3cc(-c4cc(N)c(Cl)cc4F)c4c(N)ncnc43)(CC1)CC2. The number of nitrogens with two attached hydrogens (primary N) is 2. The van der Waals surface area contributed by atoms with E-state index in [0.29, 0.717) is 22.2 Å². The second kappa shape index (κ2) is 7.23. The second-order valence-electron chi connectivity index (χ2n) is 8.85. The van der Waals surface area contributed by atoms with Crippen molar-refractivity contribution >= 4 is 40.2 Å². The van der Waals surface area contributed by atoms with Crippen molar-refractivity contribution in [3.05, 3.63) is 35.5 Å². The Hall–Kier alpha value is -3.07. The monoisotopic (exact) mass is 458 g/mol. The molecule has 8 nitrogen and oxygen atoms in total. The maximum Gasteiger partial charge on any atom is 0.407 e. The highest BCUT2D eigenvalue weighted by Crippen LogP contribution is 2.53. The first-order valence-electron chi connectivity index (χ1n) is 10.5. The lowest BCUT2D eigenvalue weighted by Gasteiger charge is -2.54. The van der Waals surface area contributed by atoms with Crippen LogP contribution in [0.5, 0.6) is 0 Å². The summed E-state index contributed by atoms with van der Waals surface area (Å²) in [6.07, 6.45) is 7.92. The van der Waals surface area contributed by atoms with Crippen LogP contribution < -0.4 is 16.8 Å². The van der Waals surface area contributed by atoms with Gasteiger partial charge in [0, 0.05) is 28.4 Å². The molecule has 0 spiro atoms. The number of aromatic nitrogens is 3. The summed E-state index contributed by atoms with van der Waals surface area (Å²) in [4.78, 5) is 20.5. The molecule has 5 N–H and O–H groups in total. The Labute approximate surface area is 189 Å². The maximum atomic E-state index is 14.9. The molecule has 0 unspecified atom stereocenters. The quantitative estimate of drug-likeness (QED) is 0.505. The molecule has 0 saturated heterocycles. The third kappa shape index (κ3) is 3.06. The lowest BCUT2D eigenvalue weighted by Crippen LogP contribution is -2.59. The predicted molar refractivity (Wildman–Crippen MR) is 121 cm³/mol. The van der Waals surface area contributed by atoms with E-state index in [9.17, 15) is 9.18 Å². The van der Waals surface area contributed by atoms with E-state index in [0.717, 1.165) is 38.5 Å². The van der Waals surface area contributed by atoms with Crippen LogP contribution in [-0.2, 0) is 10.3 Å². The number of hydrogen-bond acceptors (Lipinski definition) is 6. The highest BCUT2D eigenvalue weighted by atomic mass is 35.5. The van der Waals surface area contributed by atoms with Gasteiger partial charge in [0.25, 0.3) is 0 Å². The van der Waals surface area contributed by atoms with Crippen molar-refractivity contribution in [1.29, 1.82) is 0 Å². The van der Waals surface area contributed by atoms with Gasteiger partial charge in [0.2, 0.25) is 0 Å². The number of nitrogens with one attached hydrogen (secondary N) is 1. The summed E-state index contributed by atoms with van der Waals surface area (Å²) in [6, 6.07) is 2.73. The standard InChI is InChI=1S/C22H24ClFN6O2/c1-32-20(31)29-21-2-5-22(6-3-21,7-4-21)30-10-13(17-18(26)27-11-28-19(17)30)12-8-16(25)14(23)9-15(12)24/h8-11H,2-7,25H2,1H3,(H,29,31)(H2,26,27,28). The van der Waals surface area contributed by atoms with Gasteiger partial charge in [-0.25, -0.2) is 19.2 Å². The molecule has 3 saturated carbocycles. The number of carbonyl (C=O) groups excluding carboxylic acids is 1. The Bertz CT molecular complexity index is 1220. The van der Waals surface area contributed by atoms with Crippen molar-refractivity contribution in [3.8, 4) is 11.1 Å². The van der Waals surface area contributed by atoms with Crippen molar-refractivity contribution < 1.29 is 13.9 Å². The molecular formula is C22H24ClFN6O2. The van der Waals surface area contributed by atoms with Crippen molar-refractivity contribution in [3.63, 3.8) is 0 Å². The lowest BCUT2D eigenvalue weighted by atomic mass is 9.61. The fraction of sp³-hybridized carbons (Fsp3) is 0.409. The van der Waals surface area contributed by atoms with Crippen LogP contribution in [-0.4, -0.2) is 33.3 Å². The molecule has 1 aromatic carbocycles. The molecule has 0 radical (unpaired) electrons. The maximum absolute atomic E-state index is 14.9. The van der Waals surface area contributed by atoms with Crippen molar-refractivity contribution in [2.24, 2.45) is 0 Å². The molecule has 2 heterocycles. The summed E-state index contributed by atoms with van der Waals surface area (Å²) in [7, 11) is 1.38. The van der Waals surface area contributed by atoms with Crippen LogP contribution in [0.2, 0.25) is 5.02 Å². The summed E-state index contributed by atoms with van der Waals surface area (Å²) in [5, 5.41) is 3.80. The molecule has 3 aliphatic rings. The van der Waals surface area contributed by atoms with Crippen LogP contribution in [0.1, 0.15) is 38.5 Å². The number of anilines is 2. The fourth-order valence-electron chi connectivity index (χ4n) is 5.41. The number of nitrogen functional groups attached to an aromatic ring is 2. The largest absolute Gasteiger partial charge is 0.453 e. The average molecular weight is 459 g/mol. The van der Waals surface area contributed by atoms with Crippen LogP contribution in [0.25, 0.3) is 22.2 Å². The van der Waals surface area contributed by atoms with E-state index >= 15 is 0 Å². The molecule has 3 aromatic rings. The van der Waals surface area contributed by atoms with Gasteiger partial charge in [0.15, 0.2) is 0 Å². The number of rotatable bonds is 3. The van der Waals surface area contributed by atoms with Crippen LogP contribution in [0, 0.1) is 5.82 Å². The highest BCUT2D eigenvalue weighted by molar-refractivity contribution is 6.33. The Balaban J connectivity index is 1.61. The first kappa shape index (κ1) is 20.8. The van der Waals surface area contributed by atoms with E-state index in [4.69, 9.17) is 27.8 Å². The highest BCUT2D eigenvalue weighted by Gasteiger charge is 2.51. The number of ether oxygens (including phenoxy) is 1. The Morgan fingerprint density at radius 1 is 1.16 bits per heavy atom. The number of methoxy groups -OCH3 is 1. The number of hydrogen-bond donors (Lipinski definition) is 3. The van der Waals surface area contributed by atoms with Gasteiger partial charge in [0.05, 0.1) is 23.2 Å². The van der Waals surface area contributed by atoms with Gasteiger partial charge in [-0.1, -0.05) is 11.6 Å². The number of alkyl carbamates (subject to hydrolysis) is 1. The number of fused-ring (bicyclic) bond motifs is 4. The van der Waals surface area contributed by atoms with Gasteiger partial charge in [-0.15, -0.1) is 0 Å². The summed E-state index contributed by atoms with van der Waals surface area (Å²) in [5.74, 6) is -0.209.